The van der Waals surface area contributed by atoms with E-state index < -0.39 is 11.7 Å². The molecule has 0 aliphatic rings. The number of phenolic OH excluding ortho intramolecular Hbond substituents is 1. The van der Waals surface area contributed by atoms with Gasteiger partial charge in [-0.1, -0.05) is 24.4 Å². The van der Waals surface area contributed by atoms with Gasteiger partial charge in [-0.2, -0.15) is 0 Å². The van der Waals surface area contributed by atoms with Gasteiger partial charge in [0.05, 0.1) is 5.56 Å². The molecule has 0 aliphatic heterocycles. The first kappa shape index (κ1) is 14.9. The van der Waals surface area contributed by atoms with Crippen molar-refractivity contribution in [1.82, 2.24) is 0 Å². The summed E-state index contributed by atoms with van der Waals surface area (Å²) in [5.74, 6) is -1.15. The minimum atomic E-state index is -0.557. The number of aryl methyl sites for hydroxylation is 1. The first-order chi connectivity index (χ1) is 9.90. The molecule has 4 N–H and O–H groups in total. The molecule has 2 rings (SSSR count). The van der Waals surface area contributed by atoms with E-state index in [-0.39, 0.29) is 21.9 Å². The summed E-state index contributed by atoms with van der Waals surface area (Å²) in [5.41, 5.74) is 6.52. The van der Waals surface area contributed by atoms with Gasteiger partial charge in [0.15, 0.2) is 0 Å². The number of aromatic hydroxyl groups is 1. The van der Waals surface area contributed by atoms with E-state index in [4.69, 9.17) is 18.0 Å². The monoisotopic (exact) mass is 304 g/mol. The lowest BCUT2D eigenvalue weighted by molar-refractivity contribution is 0.102. The molecule has 0 atom stereocenters. The van der Waals surface area contributed by atoms with Crippen molar-refractivity contribution < 1.29 is 14.3 Å². The Labute approximate surface area is 126 Å². The number of phenols is 1. The molecule has 0 fully saturated rings. The van der Waals surface area contributed by atoms with Crippen LogP contribution in [-0.4, -0.2) is 16.0 Å². The van der Waals surface area contributed by atoms with Crippen LogP contribution in [0.15, 0.2) is 36.4 Å². The van der Waals surface area contributed by atoms with Crippen LogP contribution in [0.25, 0.3) is 0 Å². The van der Waals surface area contributed by atoms with Crippen molar-refractivity contribution in [2.45, 2.75) is 6.92 Å². The van der Waals surface area contributed by atoms with Gasteiger partial charge in [-0.3, -0.25) is 4.79 Å². The quantitative estimate of drug-likeness (QED) is 0.762. The third-order valence-corrected chi connectivity index (χ3v) is 3.19. The first-order valence-electron chi connectivity index (χ1n) is 6.09. The summed E-state index contributed by atoms with van der Waals surface area (Å²) in [6.45, 7) is 1.69. The lowest BCUT2D eigenvalue weighted by Crippen LogP contribution is -2.15. The molecule has 2 aromatic carbocycles. The van der Waals surface area contributed by atoms with E-state index in [1.54, 1.807) is 19.1 Å². The van der Waals surface area contributed by atoms with Gasteiger partial charge in [-0.25, -0.2) is 4.39 Å². The molecular formula is C15H13FN2O2S. The Morgan fingerprint density at radius 3 is 2.67 bits per heavy atom. The fraction of sp³-hybridized carbons (Fsp3) is 0.0667. The molecule has 4 nitrogen and oxygen atoms in total. The molecule has 0 saturated carbocycles. The average molecular weight is 304 g/mol. The first-order valence-corrected chi connectivity index (χ1v) is 6.50. The molecule has 0 spiro atoms. The molecule has 108 valence electrons. The molecule has 6 heteroatoms. The minimum Gasteiger partial charge on any atom is -0.507 e. The zero-order valence-electron chi connectivity index (χ0n) is 11.2. The van der Waals surface area contributed by atoms with Crippen molar-refractivity contribution in [3.63, 3.8) is 0 Å². The van der Waals surface area contributed by atoms with Gasteiger partial charge >= 0.3 is 0 Å². The minimum absolute atomic E-state index is 0.0521. The van der Waals surface area contributed by atoms with Crippen molar-refractivity contribution in [2.75, 3.05) is 5.32 Å². The van der Waals surface area contributed by atoms with Crippen molar-refractivity contribution in [3.8, 4) is 5.75 Å². The van der Waals surface area contributed by atoms with Gasteiger partial charge in [-0.05, 0) is 36.8 Å². The van der Waals surface area contributed by atoms with E-state index in [0.717, 1.165) is 0 Å². The molecule has 2 aromatic rings. The maximum absolute atomic E-state index is 13.5. The number of anilines is 1. The van der Waals surface area contributed by atoms with E-state index >= 15 is 0 Å². The number of amides is 1. The Balaban J connectivity index is 2.30. The molecule has 0 radical (unpaired) electrons. The average Bonchev–Trinajstić information content (AvgIpc) is 2.43. The molecule has 1 amide bonds. The number of halogens is 1. The summed E-state index contributed by atoms with van der Waals surface area (Å²) in [6, 6.07) is 8.75. The number of hydrogen-bond donors (Lipinski definition) is 3. The van der Waals surface area contributed by atoms with Crippen LogP contribution in [0.3, 0.4) is 0 Å². The number of thiocarbonyl (C=S) groups is 1. The van der Waals surface area contributed by atoms with Crippen LogP contribution >= 0.6 is 12.2 Å². The molecule has 0 heterocycles. The largest absolute Gasteiger partial charge is 0.507 e. The van der Waals surface area contributed by atoms with Gasteiger partial charge in [0, 0.05) is 11.3 Å². The summed E-state index contributed by atoms with van der Waals surface area (Å²) in [6.07, 6.45) is 0. The smallest absolute Gasteiger partial charge is 0.259 e. The number of carbonyl (C=O) groups excluding carboxylic acids is 1. The van der Waals surface area contributed by atoms with Crippen molar-refractivity contribution >= 4 is 28.8 Å². The van der Waals surface area contributed by atoms with E-state index in [2.05, 4.69) is 5.32 Å². The Morgan fingerprint density at radius 1 is 1.29 bits per heavy atom. The summed E-state index contributed by atoms with van der Waals surface area (Å²) in [7, 11) is 0. The summed E-state index contributed by atoms with van der Waals surface area (Å²) >= 11 is 4.74. The summed E-state index contributed by atoms with van der Waals surface area (Å²) < 4.78 is 13.5. The molecule has 0 aliphatic carbocycles. The van der Waals surface area contributed by atoms with Crippen LogP contribution in [0.4, 0.5) is 10.1 Å². The van der Waals surface area contributed by atoms with Crippen LogP contribution in [0, 0.1) is 12.7 Å². The second-order valence-electron chi connectivity index (χ2n) is 4.48. The molecule has 0 unspecified atom stereocenters. The fourth-order valence-electron chi connectivity index (χ4n) is 1.83. The number of carbonyl (C=O) groups is 1. The maximum atomic E-state index is 13.5. The third kappa shape index (κ3) is 3.17. The van der Waals surface area contributed by atoms with E-state index in [1.165, 1.54) is 24.3 Å². The van der Waals surface area contributed by atoms with Gasteiger partial charge in [-0.15, -0.1) is 0 Å². The number of hydrogen-bond acceptors (Lipinski definition) is 3. The van der Waals surface area contributed by atoms with Crippen molar-refractivity contribution in [3.05, 3.63) is 58.9 Å². The molecule has 21 heavy (non-hydrogen) atoms. The Morgan fingerprint density at radius 2 is 2.00 bits per heavy atom. The number of rotatable bonds is 3. The number of benzene rings is 2. The van der Waals surface area contributed by atoms with Gasteiger partial charge in [0.2, 0.25) is 0 Å². The van der Waals surface area contributed by atoms with Crippen LogP contribution in [0.5, 0.6) is 5.75 Å². The van der Waals surface area contributed by atoms with E-state index in [9.17, 15) is 14.3 Å². The fourth-order valence-corrected chi connectivity index (χ4v) is 1.99. The highest BCUT2D eigenvalue weighted by Crippen LogP contribution is 2.23. The highest BCUT2D eigenvalue weighted by molar-refractivity contribution is 7.80. The second kappa shape index (κ2) is 5.88. The number of nitrogens with one attached hydrogen (secondary N) is 1. The lowest BCUT2D eigenvalue weighted by Gasteiger charge is -2.10. The van der Waals surface area contributed by atoms with Crippen molar-refractivity contribution in [2.24, 2.45) is 5.73 Å². The topological polar surface area (TPSA) is 75.4 Å². The molecule has 0 aromatic heterocycles. The van der Waals surface area contributed by atoms with Gasteiger partial charge in [0.1, 0.15) is 16.6 Å². The Kier molecular flexibility index (Phi) is 4.18. The molecule has 0 bridgehead atoms. The van der Waals surface area contributed by atoms with Crippen LogP contribution < -0.4 is 11.1 Å². The summed E-state index contributed by atoms with van der Waals surface area (Å²) in [4.78, 5) is 12.0. The zero-order chi connectivity index (χ0) is 15.6. The Hall–Kier alpha value is -2.47. The highest BCUT2D eigenvalue weighted by Gasteiger charge is 2.14. The number of nitrogens with two attached hydrogens (primary N) is 1. The van der Waals surface area contributed by atoms with Crippen LogP contribution in [0.2, 0.25) is 0 Å². The SMILES string of the molecule is Cc1cccc(C(=O)Nc2ccc(F)c(C(N)=S)c2)c1O. The van der Waals surface area contributed by atoms with Gasteiger partial charge in [0.25, 0.3) is 5.91 Å². The van der Waals surface area contributed by atoms with Gasteiger partial charge < -0.3 is 16.2 Å². The standard InChI is InChI=1S/C15H13FN2O2S/c1-8-3-2-4-10(13(8)19)15(20)18-9-5-6-12(16)11(7-9)14(17)21/h2-7,19H,1H3,(H2,17,21)(H,18,20). The van der Waals surface area contributed by atoms with E-state index in [1.807, 2.05) is 0 Å². The molecular weight excluding hydrogens is 291 g/mol. The summed E-state index contributed by atoms with van der Waals surface area (Å²) in [5, 5.41) is 12.4. The second-order valence-corrected chi connectivity index (χ2v) is 4.92. The molecule has 0 saturated heterocycles. The zero-order valence-corrected chi connectivity index (χ0v) is 12.0. The van der Waals surface area contributed by atoms with Crippen LogP contribution in [-0.2, 0) is 0 Å². The number of para-hydroxylation sites is 1. The maximum Gasteiger partial charge on any atom is 0.259 e. The predicted octanol–water partition coefficient (Wildman–Crippen LogP) is 2.73. The predicted molar refractivity (Wildman–Crippen MR) is 83.1 cm³/mol. The highest BCUT2D eigenvalue weighted by atomic mass is 32.1. The van der Waals surface area contributed by atoms with Crippen molar-refractivity contribution in [1.29, 1.82) is 0 Å². The lowest BCUT2D eigenvalue weighted by atomic mass is 10.1. The normalized spacial score (nSPS) is 10.2. The third-order valence-electron chi connectivity index (χ3n) is 2.97. The Bertz CT molecular complexity index is 732. The van der Waals surface area contributed by atoms with Crippen LogP contribution in [0.1, 0.15) is 21.5 Å². The van der Waals surface area contributed by atoms with E-state index in [0.29, 0.717) is 11.3 Å².